The molecule has 0 saturated heterocycles. The maximum Gasteiger partial charge on any atom is 0.362 e. The standard InChI is InChI=1S/C50H85NO7/c1-6-8-10-12-14-16-18-20-22-24-26-28-30-32-34-36-38-40-48(52)57-45-46(44-56-43-42-47(50(54)55)51(3,4)5)58-49(53)41-39-37-35-33-31-29-27-25-23-21-19-17-15-13-11-9-7-2/h14-17,20-23,27,29,33,35,46-47H,6-13,18-19,24-26,28,30-32,34,36-45H2,1-5H3/p+1/b16-14+,17-15+,22-20+,23-21+,29-27+,35-33+. The number of carboxylic acid groups (broad SMARTS) is 1. The maximum atomic E-state index is 12.7. The molecule has 8 heteroatoms. The molecule has 0 bridgehead atoms. The SMILES string of the molecule is CCCCC/C=C/C/C=C/C/C=C/C/C=C/CCCC(=O)OC(COCCC(C(=O)O)[N+](C)(C)C)COC(=O)CCCCCCCCC/C=C/C/C=C/CCCCC. The summed E-state index contributed by atoms with van der Waals surface area (Å²) in [5, 5.41) is 9.62. The van der Waals surface area contributed by atoms with Gasteiger partial charge >= 0.3 is 17.9 Å². The number of esters is 2. The van der Waals surface area contributed by atoms with Gasteiger partial charge in [-0.05, 0) is 83.5 Å². The molecule has 0 rings (SSSR count). The zero-order chi connectivity index (χ0) is 42.8. The molecule has 0 saturated carbocycles. The van der Waals surface area contributed by atoms with E-state index in [2.05, 4.69) is 86.8 Å². The number of unbranched alkanes of at least 4 members (excludes halogenated alkanes) is 14. The Morgan fingerprint density at radius 2 is 0.931 bits per heavy atom. The van der Waals surface area contributed by atoms with Crippen molar-refractivity contribution >= 4 is 17.9 Å². The summed E-state index contributed by atoms with van der Waals surface area (Å²) in [6.45, 7) is 4.61. The van der Waals surface area contributed by atoms with Crippen molar-refractivity contribution in [3.05, 3.63) is 72.9 Å². The van der Waals surface area contributed by atoms with Crippen LogP contribution in [0.2, 0.25) is 0 Å². The summed E-state index contributed by atoms with van der Waals surface area (Å²) in [6.07, 6.45) is 50.9. The van der Waals surface area contributed by atoms with Gasteiger partial charge in [-0.15, -0.1) is 0 Å². The van der Waals surface area contributed by atoms with Crippen LogP contribution < -0.4 is 0 Å². The molecule has 1 N–H and O–H groups in total. The highest BCUT2D eigenvalue weighted by atomic mass is 16.6. The summed E-state index contributed by atoms with van der Waals surface area (Å²) in [6, 6.07) is -0.629. The molecule has 0 aromatic rings. The monoisotopic (exact) mass is 813 g/mol. The van der Waals surface area contributed by atoms with Crippen LogP contribution in [0.4, 0.5) is 0 Å². The van der Waals surface area contributed by atoms with E-state index in [1.54, 1.807) is 0 Å². The summed E-state index contributed by atoms with van der Waals surface area (Å²) in [5.41, 5.74) is 0. The average molecular weight is 813 g/mol. The second-order valence-corrected chi connectivity index (χ2v) is 16.3. The number of nitrogens with zero attached hydrogens (tertiary/aromatic N) is 1. The minimum absolute atomic E-state index is 0.0334. The molecule has 0 aliphatic rings. The summed E-state index contributed by atoms with van der Waals surface area (Å²) in [4.78, 5) is 37.0. The topological polar surface area (TPSA) is 99.1 Å². The first-order valence-electron chi connectivity index (χ1n) is 23.0. The van der Waals surface area contributed by atoms with E-state index in [0.717, 1.165) is 57.8 Å². The van der Waals surface area contributed by atoms with Crippen molar-refractivity contribution in [2.75, 3.05) is 41.0 Å². The normalized spacial score (nSPS) is 13.6. The maximum absolute atomic E-state index is 12.7. The van der Waals surface area contributed by atoms with E-state index in [-0.39, 0.29) is 42.7 Å². The first kappa shape index (κ1) is 54.8. The quantitative estimate of drug-likeness (QED) is 0.0285. The molecule has 0 radical (unpaired) electrons. The van der Waals surface area contributed by atoms with Crippen LogP contribution >= 0.6 is 0 Å². The van der Waals surface area contributed by atoms with E-state index < -0.39 is 18.1 Å². The van der Waals surface area contributed by atoms with E-state index in [1.165, 1.54) is 77.0 Å². The molecule has 0 amide bonds. The summed E-state index contributed by atoms with van der Waals surface area (Å²) in [7, 11) is 5.50. The average Bonchev–Trinajstić information content (AvgIpc) is 3.18. The lowest BCUT2D eigenvalue weighted by atomic mass is 10.1. The fourth-order valence-corrected chi connectivity index (χ4v) is 6.23. The van der Waals surface area contributed by atoms with Crippen molar-refractivity contribution in [3.63, 3.8) is 0 Å². The van der Waals surface area contributed by atoms with Gasteiger partial charge in [0.05, 0.1) is 34.4 Å². The van der Waals surface area contributed by atoms with Gasteiger partial charge < -0.3 is 23.8 Å². The van der Waals surface area contributed by atoms with Gasteiger partial charge in [-0.2, -0.15) is 0 Å². The summed E-state index contributed by atoms with van der Waals surface area (Å²) in [5.74, 6) is -1.56. The minimum Gasteiger partial charge on any atom is -0.477 e. The van der Waals surface area contributed by atoms with E-state index in [0.29, 0.717) is 19.3 Å². The van der Waals surface area contributed by atoms with Gasteiger partial charge in [0.2, 0.25) is 0 Å². The van der Waals surface area contributed by atoms with Gasteiger partial charge in [0.1, 0.15) is 6.61 Å². The largest absolute Gasteiger partial charge is 0.477 e. The van der Waals surface area contributed by atoms with Crippen LogP contribution in [0.15, 0.2) is 72.9 Å². The van der Waals surface area contributed by atoms with E-state index in [1.807, 2.05) is 21.1 Å². The number of rotatable bonds is 40. The van der Waals surface area contributed by atoms with Crippen molar-refractivity contribution in [2.45, 2.75) is 187 Å². The van der Waals surface area contributed by atoms with Crippen molar-refractivity contribution in [1.82, 2.24) is 0 Å². The number of hydrogen-bond donors (Lipinski definition) is 1. The number of allylic oxidation sites excluding steroid dienone is 12. The summed E-state index contributed by atoms with van der Waals surface area (Å²) >= 11 is 0. The Bertz CT molecular complexity index is 1180. The molecular weight excluding hydrogens is 727 g/mol. The van der Waals surface area contributed by atoms with Crippen molar-refractivity contribution in [1.29, 1.82) is 0 Å². The summed E-state index contributed by atoms with van der Waals surface area (Å²) < 4.78 is 17.2. The molecule has 58 heavy (non-hydrogen) atoms. The number of carboxylic acids is 1. The number of carbonyl (C=O) groups excluding carboxylic acids is 2. The Balaban J connectivity index is 4.44. The first-order valence-corrected chi connectivity index (χ1v) is 23.0. The van der Waals surface area contributed by atoms with Crippen LogP contribution in [0.3, 0.4) is 0 Å². The van der Waals surface area contributed by atoms with Gasteiger partial charge in [-0.3, -0.25) is 9.59 Å². The molecule has 0 aliphatic carbocycles. The smallest absolute Gasteiger partial charge is 0.362 e. The van der Waals surface area contributed by atoms with Crippen LogP contribution in [-0.2, 0) is 28.6 Å². The van der Waals surface area contributed by atoms with Crippen molar-refractivity contribution in [3.8, 4) is 0 Å². The number of quaternary nitrogens is 1. The fourth-order valence-electron chi connectivity index (χ4n) is 6.23. The number of carbonyl (C=O) groups is 3. The molecule has 0 heterocycles. The van der Waals surface area contributed by atoms with Crippen molar-refractivity contribution in [2.24, 2.45) is 0 Å². The zero-order valence-electron chi connectivity index (χ0n) is 37.7. The molecule has 0 fully saturated rings. The molecule has 332 valence electrons. The van der Waals surface area contributed by atoms with Gasteiger partial charge in [0.15, 0.2) is 12.1 Å². The second kappa shape index (κ2) is 40.5. The molecule has 0 aromatic heterocycles. The lowest BCUT2D eigenvalue weighted by Crippen LogP contribution is -2.50. The van der Waals surface area contributed by atoms with E-state index >= 15 is 0 Å². The third kappa shape index (κ3) is 38.3. The molecule has 2 unspecified atom stereocenters. The third-order valence-electron chi connectivity index (χ3n) is 9.83. The van der Waals surface area contributed by atoms with Gasteiger partial charge in [0, 0.05) is 19.3 Å². The van der Waals surface area contributed by atoms with Crippen LogP contribution in [0.1, 0.15) is 174 Å². The molecule has 0 aromatic carbocycles. The Labute approximate surface area is 355 Å². The highest BCUT2D eigenvalue weighted by Gasteiger charge is 2.31. The Morgan fingerprint density at radius 1 is 0.517 bits per heavy atom. The lowest BCUT2D eigenvalue weighted by Gasteiger charge is -2.31. The molecular formula is C50H86NO7+. The van der Waals surface area contributed by atoms with Crippen LogP contribution in [0, 0.1) is 0 Å². The number of ether oxygens (including phenoxy) is 3. The predicted molar refractivity (Wildman–Crippen MR) is 243 cm³/mol. The van der Waals surface area contributed by atoms with E-state index in [4.69, 9.17) is 14.2 Å². The van der Waals surface area contributed by atoms with Gasteiger partial charge in [-0.25, -0.2) is 4.79 Å². The number of aliphatic carboxylic acids is 1. The van der Waals surface area contributed by atoms with Crippen LogP contribution in [0.25, 0.3) is 0 Å². The third-order valence-corrected chi connectivity index (χ3v) is 9.83. The minimum atomic E-state index is -0.887. The Hall–Kier alpha value is -3.23. The second-order valence-electron chi connectivity index (χ2n) is 16.3. The lowest BCUT2D eigenvalue weighted by molar-refractivity contribution is -0.887. The van der Waals surface area contributed by atoms with E-state index in [9.17, 15) is 19.5 Å². The Kier molecular flexibility index (Phi) is 38.3. The highest BCUT2D eigenvalue weighted by Crippen LogP contribution is 2.13. The first-order chi connectivity index (χ1) is 28.1. The van der Waals surface area contributed by atoms with Crippen molar-refractivity contribution < 1.29 is 38.2 Å². The van der Waals surface area contributed by atoms with Crippen LogP contribution in [0.5, 0.6) is 0 Å². The molecule has 0 aliphatic heterocycles. The molecule has 2 atom stereocenters. The molecule has 0 spiro atoms. The zero-order valence-corrected chi connectivity index (χ0v) is 37.7. The predicted octanol–water partition coefficient (Wildman–Crippen LogP) is 12.7. The van der Waals surface area contributed by atoms with Crippen LogP contribution in [-0.4, -0.2) is 80.6 Å². The van der Waals surface area contributed by atoms with Gasteiger partial charge in [-0.1, -0.05) is 145 Å². The van der Waals surface area contributed by atoms with Gasteiger partial charge in [0.25, 0.3) is 0 Å². The fraction of sp³-hybridized carbons (Fsp3) is 0.700. The molecule has 8 nitrogen and oxygen atoms in total. The number of likely N-dealkylation sites (N-methyl/N-ethyl adjacent to an activating group) is 1. The number of hydrogen-bond acceptors (Lipinski definition) is 6. The Morgan fingerprint density at radius 3 is 1.40 bits per heavy atom. The highest BCUT2D eigenvalue weighted by molar-refractivity contribution is 5.72.